The maximum Gasteiger partial charge on any atom is 0.270 e. The zero-order chi connectivity index (χ0) is 19.9. The largest absolute Gasteiger partial charge is 0.506 e. The van der Waals surface area contributed by atoms with E-state index in [4.69, 9.17) is 23.8 Å². The van der Waals surface area contributed by atoms with Gasteiger partial charge in [0.25, 0.3) is 11.8 Å². The van der Waals surface area contributed by atoms with Crippen LogP contribution >= 0.6 is 62.3 Å². The van der Waals surface area contributed by atoms with Gasteiger partial charge in [-0.15, -0.1) is 0 Å². The molecule has 0 radical (unpaired) electrons. The Morgan fingerprint density at radius 2 is 2.00 bits per heavy atom. The molecule has 5 nitrogen and oxygen atoms in total. The van der Waals surface area contributed by atoms with Crippen molar-refractivity contribution >= 4 is 91.0 Å². The molecule has 0 spiro atoms. The summed E-state index contributed by atoms with van der Waals surface area (Å²) >= 11 is 16.5. The molecule has 1 heterocycles. The second-order valence-corrected chi connectivity index (χ2v) is 8.62. The smallest absolute Gasteiger partial charge is 0.270 e. The Labute approximate surface area is 187 Å². The van der Waals surface area contributed by atoms with Gasteiger partial charge < -0.3 is 5.11 Å². The highest BCUT2D eigenvalue weighted by Gasteiger charge is 2.35. The maximum absolute atomic E-state index is 13.1. The zero-order valence-electron chi connectivity index (χ0n) is 13.7. The fourth-order valence-corrected chi connectivity index (χ4v) is 4.40. The summed E-state index contributed by atoms with van der Waals surface area (Å²) in [5.41, 5.74) is 1.48. The molecule has 0 atom stereocenters. The molecule has 0 saturated carbocycles. The molecule has 9 heteroatoms. The molecular formula is C18H11BrClIN2O3S. The zero-order valence-corrected chi connectivity index (χ0v) is 19.0. The maximum atomic E-state index is 13.1. The molecule has 1 saturated heterocycles. The van der Waals surface area contributed by atoms with E-state index in [1.165, 1.54) is 17.0 Å². The fourth-order valence-electron chi connectivity index (χ4n) is 2.60. The van der Waals surface area contributed by atoms with Gasteiger partial charge >= 0.3 is 0 Å². The molecule has 1 aliphatic heterocycles. The molecule has 0 aliphatic carbocycles. The number of aryl methyl sites for hydroxylation is 1. The predicted octanol–water partition coefficient (Wildman–Crippen LogP) is 4.55. The molecule has 2 aromatic rings. The van der Waals surface area contributed by atoms with E-state index in [0.717, 1.165) is 10.0 Å². The van der Waals surface area contributed by atoms with E-state index >= 15 is 0 Å². The SMILES string of the molecule is Cc1cc(Br)ccc1N1C(=O)/C(=C\c2cc(Cl)cc(I)c2O)C(=O)NC1=S. The minimum absolute atomic E-state index is 0.00234. The molecule has 0 bridgehead atoms. The highest BCUT2D eigenvalue weighted by molar-refractivity contribution is 14.1. The van der Waals surface area contributed by atoms with Crippen molar-refractivity contribution in [2.75, 3.05) is 4.90 Å². The average Bonchev–Trinajstić information content (AvgIpc) is 2.57. The quantitative estimate of drug-likeness (QED) is 0.238. The van der Waals surface area contributed by atoms with Crippen molar-refractivity contribution in [1.29, 1.82) is 0 Å². The van der Waals surface area contributed by atoms with Crippen molar-refractivity contribution in [1.82, 2.24) is 5.32 Å². The number of phenolic OH excluding ortho intramolecular Hbond substituents is 1. The molecule has 27 heavy (non-hydrogen) atoms. The van der Waals surface area contributed by atoms with Crippen molar-refractivity contribution in [3.05, 3.63) is 60.1 Å². The van der Waals surface area contributed by atoms with Gasteiger partial charge in [-0.3, -0.25) is 19.8 Å². The summed E-state index contributed by atoms with van der Waals surface area (Å²) in [5.74, 6) is -1.28. The first-order valence-electron chi connectivity index (χ1n) is 7.54. The van der Waals surface area contributed by atoms with Crippen LogP contribution in [-0.4, -0.2) is 22.0 Å². The Bertz CT molecular complexity index is 1040. The van der Waals surface area contributed by atoms with Crippen molar-refractivity contribution in [3.8, 4) is 5.75 Å². The summed E-state index contributed by atoms with van der Waals surface area (Å²) in [7, 11) is 0. The molecule has 3 rings (SSSR count). The Kier molecular flexibility index (Phi) is 5.90. The summed E-state index contributed by atoms with van der Waals surface area (Å²) < 4.78 is 1.36. The molecule has 1 fully saturated rings. The summed E-state index contributed by atoms with van der Waals surface area (Å²) in [4.78, 5) is 26.7. The van der Waals surface area contributed by atoms with E-state index in [1.807, 2.05) is 35.6 Å². The standard InChI is InChI=1S/C18H11BrClIN2O3S/c1-8-4-10(19)2-3-14(8)23-17(26)12(16(25)22-18(23)27)6-9-5-11(20)7-13(21)15(9)24/h2-7,24H,1H3,(H,22,25,27)/b12-6-. The molecular weight excluding hydrogens is 567 g/mol. The number of hydrogen-bond donors (Lipinski definition) is 2. The van der Waals surface area contributed by atoms with E-state index < -0.39 is 11.8 Å². The van der Waals surface area contributed by atoms with Crippen LogP contribution in [0.2, 0.25) is 5.02 Å². The van der Waals surface area contributed by atoms with Crippen molar-refractivity contribution in [2.24, 2.45) is 0 Å². The van der Waals surface area contributed by atoms with Gasteiger partial charge in [-0.1, -0.05) is 27.5 Å². The van der Waals surface area contributed by atoms with E-state index in [9.17, 15) is 14.7 Å². The first-order chi connectivity index (χ1) is 12.7. The summed E-state index contributed by atoms with van der Waals surface area (Å²) in [6.45, 7) is 1.83. The third kappa shape index (κ3) is 4.03. The molecule has 2 aromatic carbocycles. The predicted molar refractivity (Wildman–Crippen MR) is 121 cm³/mol. The van der Waals surface area contributed by atoms with Crippen LogP contribution in [-0.2, 0) is 9.59 Å². The highest BCUT2D eigenvalue weighted by atomic mass is 127. The topological polar surface area (TPSA) is 69.6 Å². The van der Waals surface area contributed by atoms with Gasteiger partial charge in [0.05, 0.1) is 9.26 Å². The number of amides is 2. The van der Waals surface area contributed by atoms with Crippen molar-refractivity contribution in [3.63, 3.8) is 0 Å². The monoisotopic (exact) mass is 576 g/mol. The van der Waals surface area contributed by atoms with Gasteiger partial charge in [-0.25, -0.2) is 0 Å². The van der Waals surface area contributed by atoms with Crippen molar-refractivity contribution in [2.45, 2.75) is 6.92 Å². The lowest BCUT2D eigenvalue weighted by Crippen LogP contribution is -2.54. The second-order valence-electron chi connectivity index (χ2n) is 5.71. The van der Waals surface area contributed by atoms with Gasteiger partial charge in [-0.05, 0) is 83.7 Å². The lowest BCUT2D eigenvalue weighted by Gasteiger charge is -2.30. The normalized spacial score (nSPS) is 16.1. The van der Waals surface area contributed by atoms with Crippen LogP contribution in [0.25, 0.3) is 6.08 Å². The number of nitrogens with one attached hydrogen (secondary N) is 1. The molecule has 2 amide bonds. The number of benzene rings is 2. The highest BCUT2D eigenvalue weighted by Crippen LogP contribution is 2.32. The summed E-state index contributed by atoms with van der Waals surface area (Å²) in [6.07, 6.45) is 1.31. The Balaban J connectivity index is 2.11. The fraction of sp³-hybridized carbons (Fsp3) is 0.0556. The van der Waals surface area contributed by atoms with Crippen LogP contribution in [0.5, 0.6) is 5.75 Å². The van der Waals surface area contributed by atoms with E-state index in [-0.39, 0.29) is 22.0 Å². The van der Waals surface area contributed by atoms with Crippen molar-refractivity contribution < 1.29 is 14.7 Å². The second kappa shape index (κ2) is 7.86. The number of nitrogens with zero attached hydrogens (tertiary/aromatic N) is 1. The third-order valence-corrected chi connectivity index (χ3v) is 5.68. The minimum Gasteiger partial charge on any atom is -0.506 e. The molecule has 0 unspecified atom stereocenters. The molecule has 2 N–H and O–H groups in total. The number of thiocarbonyl (C=S) groups is 1. The third-order valence-electron chi connectivity index (χ3n) is 3.86. The summed E-state index contributed by atoms with van der Waals surface area (Å²) in [6, 6.07) is 8.42. The number of rotatable bonds is 2. The van der Waals surface area contributed by atoms with Gasteiger partial charge in [-0.2, -0.15) is 0 Å². The number of carbonyl (C=O) groups excluding carboxylic acids is 2. The van der Waals surface area contributed by atoms with Crippen LogP contribution in [0.3, 0.4) is 0 Å². The lowest BCUT2D eigenvalue weighted by molar-refractivity contribution is -0.122. The number of halogens is 3. The Morgan fingerprint density at radius 3 is 2.67 bits per heavy atom. The molecule has 1 aliphatic rings. The Hall–Kier alpha value is -1.49. The van der Waals surface area contributed by atoms with Crippen LogP contribution in [0.15, 0.2) is 40.4 Å². The van der Waals surface area contributed by atoms with Crippen LogP contribution in [0.1, 0.15) is 11.1 Å². The van der Waals surface area contributed by atoms with Gasteiger partial charge in [0.2, 0.25) is 0 Å². The van der Waals surface area contributed by atoms with E-state index in [1.54, 1.807) is 18.2 Å². The number of phenols is 1. The van der Waals surface area contributed by atoms with Crippen LogP contribution < -0.4 is 10.2 Å². The number of aromatic hydroxyl groups is 1. The number of carbonyl (C=O) groups is 2. The van der Waals surface area contributed by atoms with Gasteiger partial charge in [0.1, 0.15) is 11.3 Å². The minimum atomic E-state index is -0.634. The van der Waals surface area contributed by atoms with E-state index in [0.29, 0.717) is 14.3 Å². The van der Waals surface area contributed by atoms with Crippen LogP contribution in [0.4, 0.5) is 5.69 Å². The van der Waals surface area contributed by atoms with Gasteiger partial charge in [0.15, 0.2) is 5.11 Å². The molecule has 0 aromatic heterocycles. The first-order valence-corrected chi connectivity index (χ1v) is 10.2. The van der Waals surface area contributed by atoms with Gasteiger partial charge in [0, 0.05) is 15.1 Å². The lowest BCUT2D eigenvalue weighted by atomic mass is 10.1. The average molecular weight is 578 g/mol. The summed E-state index contributed by atoms with van der Waals surface area (Å²) in [5, 5.41) is 13.1. The van der Waals surface area contributed by atoms with Crippen LogP contribution in [0, 0.1) is 10.5 Å². The number of anilines is 1. The van der Waals surface area contributed by atoms with E-state index in [2.05, 4.69) is 21.2 Å². The molecule has 138 valence electrons. The number of hydrogen-bond acceptors (Lipinski definition) is 4. The Morgan fingerprint density at radius 1 is 1.30 bits per heavy atom. The first kappa shape index (κ1) is 20.2.